The molecule has 0 saturated heterocycles. The average molecular weight is 251 g/mol. The molecule has 0 spiro atoms. The molecule has 1 aromatic heterocycles. The average Bonchev–Trinajstić information content (AvgIpc) is 2.72. The summed E-state index contributed by atoms with van der Waals surface area (Å²) in [7, 11) is 0. The molecule has 0 aliphatic heterocycles. The quantitative estimate of drug-likeness (QED) is 0.793. The summed E-state index contributed by atoms with van der Waals surface area (Å²) in [6.07, 6.45) is 8.63. The molecule has 1 fully saturated rings. The summed E-state index contributed by atoms with van der Waals surface area (Å²) in [4.78, 5) is 0. The number of nitrogens with two attached hydrogens (primary N) is 1. The van der Waals surface area contributed by atoms with Crippen LogP contribution in [0.3, 0.4) is 0 Å². The van der Waals surface area contributed by atoms with Gasteiger partial charge in [0.15, 0.2) is 0 Å². The summed E-state index contributed by atoms with van der Waals surface area (Å²) in [6, 6.07) is 2.23. The fourth-order valence-corrected chi connectivity index (χ4v) is 3.54. The summed E-state index contributed by atoms with van der Waals surface area (Å²) in [6.45, 7) is 4.77. The van der Waals surface area contributed by atoms with E-state index in [1.54, 1.807) is 11.3 Å². The van der Waals surface area contributed by atoms with E-state index in [1.165, 1.54) is 37.7 Å². The van der Waals surface area contributed by atoms with Crippen LogP contribution in [-0.2, 0) is 6.42 Å². The zero-order valence-corrected chi connectivity index (χ0v) is 12.0. The number of rotatable bonds is 3. The van der Waals surface area contributed by atoms with Crippen molar-refractivity contribution in [3.05, 3.63) is 22.4 Å². The summed E-state index contributed by atoms with van der Waals surface area (Å²) < 4.78 is 0. The van der Waals surface area contributed by atoms with E-state index in [1.807, 2.05) is 0 Å². The van der Waals surface area contributed by atoms with Crippen molar-refractivity contribution in [2.75, 3.05) is 0 Å². The molecule has 1 nitrogen and oxygen atoms in total. The number of hydrogen-bond acceptors (Lipinski definition) is 2. The van der Waals surface area contributed by atoms with Crippen molar-refractivity contribution in [3.8, 4) is 0 Å². The summed E-state index contributed by atoms with van der Waals surface area (Å²) in [5.74, 6) is 0. The van der Waals surface area contributed by atoms with Crippen LogP contribution < -0.4 is 5.73 Å². The van der Waals surface area contributed by atoms with Crippen LogP contribution >= 0.6 is 11.3 Å². The topological polar surface area (TPSA) is 26.0 Å². The fraction of sp³-hybridized carbons (Fsp3) is 0.733. The molecule has 17 heavy (non-hydrogen) atoms. The lowest BCUT2D eigenvalue weighted by Crippen LogP contribution is -2.39. The maximum absolute atomic E-state index is 6.60. The van der Waals surface area contributed by atoms with Gasteiger partial charge in [-0.15, -0.1) is 0 Å². The summed E-state index contributed by atoms with van der Waals surface area (Å²) >= 11 is 1.79. The van der Waals surface area contributed by atoms with Crippen LogP contribution in [0.25, 0.3) is 0 Å². The lowest BCUT2D eigenvalue weighted by atomic mass is 9.82. The molecule has 0 radical (unpaired) electrons. The minimum Gasteiger partial charge on any atom is -0.325 e. The van der Waals surface area contributed by atoms with Gasteiger partial charge in [-0.1, -0.05) is 20.3 Å². The molecule has 0 bridgehead atoms. The van der Waals surface area contributed by atoms with E-state index < -0.39 is 0 Å². The first-order chi connectivity index (χ1) is 7.99. The maximum atomic E-state index is 6.60. The Bertz CT molecular complexity index is 342. The molecule has 1 unspecified atom stereocenters. The molecule has 1 aliphatic carbocycles. The highest BCUT2D eigenvalue weighted by Crippen LogP contribution is 2.38. The van der Waals surface area contributed by atoms with Crippen LogP contribution in [0.5, 0.6) is 0 Å². The monoisotopic (exact) mass is 251 g/mol. The second-order valence-corrected chi connectivity index (χ2v) is 7.29. The first kappa shape index (κ1) is 13.1. The van der Waals surface area contributed by atoms with Crippen LogP contribution in [0.2, 0.25) is 0 Å². The molecule has 1 aromatic rings. The van der Waals surface area contributed by atoms with Gasteiger partial charge in [-0.05, 0) is 66.3 Å². The molecule has 0 amide bonds. The van der Waals surface area contributed by atoms with Crippen molar-refractivity contribution in [2.45, 2.75) is 64.3 Å². The molecule has 1 heterocycles. The Balaban J connectivity index is 1.90. The third-order valence-electron chi connectivity index (χ3n) is 4.32. The highest BCUT2D eigenvalue weighted by Gasteiger charge is 2.32. The second-order valence-electron chi connectivity index (χ2n) is 6.51. The zero-order valence-electron chi connectivity index (χ0n) is 11.2. The Morgan fingerprint density at radius 3 is 2.76 bits per heavy atom. The highest BCUT2D eigenvalue weighted by molar-refractivity contribution is 7.07. The molecule has 1 aliphatic rings. The van der Waals surface area contributed by atoms with Gasteiger partial charge in [0.05, 0.1) is 0 Å². The normalized spacial score (nSPS) is 28.9. The largest absolute Gasteiger partial charge is 0.325 e. The van der Waals surface area contributed by atoms with Crippen LogP contribution in [-0.4, -0.2) is 5.54 Å². The molecule has 2 rings (SSSR count). The van der Waals surface area contributed by atoms with Gasteiger partial charge in [0, 0.05) is 5.54 Å². The van der Waals surface area contributed by atoms with Crippen molar-refractivity contribution in [3.63, 3.8) is 0 Å². The Morgan fingerprint density at radius 2 is 2.06 bits per heavy atom. The predicted molar refractivity (Wildman–Crippen MR) is 76.4 cm³/mol. The minimum atomic E-state index is 0.0930. The Morgan fingerprint density at radius 1 is 1.24 bits per heavy atom. The first-order valence-electron chi connectivity index (χ1n) is 6.79. The third kappa shape index (κ3) is 3.82. The number of aryl methyl sites for hydroxylation is 1. The van der Waals surface area contributed by atoms with Gasteiger partial charge >= 0.3 is 0 Å². The molecule has 1 atom stereocenters. The third-order valence-corrected chi connectivity index (χ3v) is 5.05. The molecular weight excluding hydrogens is 226 g/mol. The minimum absolute atomic E-state index is 0.0930. The predicted octanol–water partition coefficient (Wildman–Crippen LogP) is 4.37. The number of hydrogen-bond donors (Lipinski definition) is 1. The molecule has 0 aromatic carbocycles. The Labute approximate surface area is 109 Å². The van der Waals surface area contributed by atoms with Gasteiger partial charge in [-0.2, -0.15) is 11.3 Å². The van der Waals surface area contributed by atoms with Crippen molar-refractivity contribution in [2.24, 2.45) is 11.1 Å². The van der Waals surface area contributed by atoms with E-state index in [-0.39, 0.29) is 5.54 Å². The van der Waals surface area contributed by atoms with Gasteiger partial charge in [0.25, 0.3) is 0 Å². The van der Waals surface area contributed by atoms with Crippen molar-refractivity contribution in [1.82, 2.24) is 0 Å². The Kier molecular flexibility index (Phi) is 3.94. The molecule has 2 heteroatoms. The zero-order chi connectivity index (χ0) is 12.4. The van der Waals surface area contributed by atoms with Crippen LogP contribution in [0.15, 0.2) is 16.8 Å². The number of thiophene rings is 1. The van der Waals surface area contributed by atoms with Crippen molar-refractivity contribution < 1.29 is 0 Å². The maximum Gasteiger partial charge on any atom is 0.0157 e. The first-order valence-corrected chi connectivity index (χ1v) is 7.73. The second kappa shape index (κ2) is 5.11. The van der Waals surface area contributed by atoms with Crippen LogP contribution in [0.4, 0.5) is 0 Å². The fourth-order valence-electron chi connectivity index (χ4n) is 2.83. The van der Waals surface area contributed by atoms with Crippen molar-refractivity contribution >= 4 is 11.3 Å². The smallest absolute Gasteiger partial charge is 0.0157 e. The lowest BCUT2D eigenvalue weighted by molar-refractivity contribution is 0.291. The summed E-state index contributed by atoms with van der Waals surface area (Å²) in [5.41, 5.74) is 8.66. The highest BCUT2D eigenvalue weighted by atomic mass is 32.1. The van der Waals surface area contributed by atoms with Crippen molar-refractivity contribution in [1.29, 1.82) is 0 Å². The SMILES string of the molecule is CC1(C)CCCC(N)(CCc2ccsc2)CC1. The van der Waals surface area contributed by atoms with E-state index in [2.05, 4.69) is 30.7 Å². The van der Waals surface area contributed by atoms with E-state index in [0.717, 1.165) is 12.8 Å². The van der Waals surface area contributed by atoms with Gasteiger partial charge in [0.2, 0.25) is 0 Å². The van der Waals surface area contributed by atoms with E-state index in [9.17, 15) is 0 Å². The van der Waals surface area contributed by atoms with Gasteiger partial charge < -0.3 is 5.73 Å². The standard InChI is InChI=1S/C15H25NS/c1-14(2)6-3-7-15(16,10-9-14)8-4-13-5-11-17-12-13/h5,11-12H,3-4,6-10,16H2,1-2H3. The lowest BCUT2D eigenvalue weighted by Gasteiger charge is -2.29. The van der Waals surface area contributed by atoms with Gasteiger partial charge in [-0.25, -0.2) is 0 Å². The molecule has 1 saturated carbocycles. The summed E-state index contributed by atoms with van der Waals surface area (Å²) in [5, 5.41) is 4.42. The van der Waals surface area contributed by atoms with Gasteiger partial charge in [-0.3, -0.25) is 0 Å². The Hall–Kier alpha value is -0.340. The van der Waals surface area contributed by atoms with Crippen LogP contribution in [0, 0.1) is 5.41 Å². The van der Waals surface area contributed by atoms with E-state index in [0.29, 0.717) is 5.41 Å². The molecular formula is C15H25NS. The van der Waals surface area contributed by atoms with Crippen LogP contribution in [0.1, 0.15) is 57.9 Å². The van der Waals surface area contributed by atoms with Gasteiger partial charge in [0.1, 0.15) is 0 Å². The molecule has 96 valence electrons. The van der Waals surface area contributed by atoms with E-state index in [4.69, 9.17) is 5.73 Å². The van der Waals surface area contributed by atoms with E-state index >= 15 is 0 Å². The molecule has 2 N–H and O–H groups in total.